The first-order valence-corrected chi connectivity index (χ1v) is 11.6. The highest BCUT2D eigenvalue weighted by molar-refractivity contribution is 7.89. The highest BCUT2D eigenvalue weighted by Crippen LogP contribution is 2.22. The number of hydrogen-bond donors (Lipinski definition) is 1. The van der Waals surface area contributed by atoms with Crippen LogP contribution in [0.25, 0.3) is 0 Å². The first-order chi connectivity index (χ1) is 14.6. The van der Waals surface area contributed by atoms with Gasteiger partial charge in [-0.15, -0.1) is 0 Å². The van der Waals surface area contributed by atoms with Gasteiger partial charge in [0.2, 0.25) is 15.8 Å². The van der Waals surface area contributed by atoms with Gasteiger partial charge in [0.15, 0.2) is 12.4 Å². The molecule has 1 saturated heterocycles. The molecule has 0 radical (unpaired) electrons. The van der Waals surface area contributed by atoms with E-state index < -0.39 is 28.4 Å². The van der Waals surface area contributed by atoms with Gasteiger partial charge in [0.05, 0.1) is 16.2 Å². The van der Waals surface area contributed by atoms with E-state index in [1.54, 1.807) is 13.8 Å². The summed E-state index contributed by atoms with van der Waals surface area (Å²) in [5, 5.41) is 0. The smallest absolute Gasteiger partial charge is 0.338 e. The van der Waals surface area contributed by atoms with Crippen LogP contribution in [0.5, 0.6) is 0 Å². The zero-order valence-electron chi connectivity index (χ0n) is 17.9. The van der Waals surface area contributed by atoms with Gasteiger partial charge in [0.25, 0.3) is 0 Å². The summed E-state index contributed by atoms with van der Waals surface area (Å²) in [6.07, 6.45) is 2.70. The molecule has 0 aliphatic carbocycles. The van der Waals surface area contributed by atoms with E-state index in [9.17, 15) is 22.8 Å². The van der Waals surface area contributed by atoms with Gasteiger partial charge in [0, 0.05) is 24.3 Å². The molecule has 1 N–H and O–H groups in total. The standard InChI is InChI=1S/C22H26N2O6S/c1-14-20(16(3)25)15(2)23-21(14)19(26)13-30-22(27)17-7-9-18(10-8-17)31(28,29)24-11-5-4-6-12-24/h7-10,23H,4-6,11-13H2,1-3H3. The number of hydrogen-bond acceptors (Lipinski definition) is 6. The number of nitrogens with zero attached hydrogens (tertiary/aromatic N) is 1. The lowest BCUT2D eigenvalue weighted by Crippen LogP contribution is -2.35. The zero-order chi connectivity index (χ0) is 22.8. The number of H-pyrrole nitrogens is 1. The number of Topliss-reactive ketones (excluding diaryl/α,β-unsaturated/α-hetero) is 2. The fraction of sp³-hybridized carbons (Fsp3) is 0.409. The van der Waals surface area contributed by atoms with Crippen LogP contribution in [0.3, 0.4) is 0 Å². The summed E-state index contributed by atoms with van der Waals surface area (Å²) >= 11 is 0. The molecule has 1 aromatic carbocycles. The Hall–Kier alpha value is -2.78. The fourth-order valence-corrected chi connectivity index (χ4v) is 5.38. The number of ether oxygens (including phenoxy) is 1. The summed E-state index contributed by atoms with van der Waals surface area (Å²) in [5.74, 6) is -1.34. The van der Waals surface area contributed by atoms with Crippen LogP contribution >= 0.6 is 0 Å². The summed E-state index contributed by atoms with van der Waals surface area (Å²) < 4.78 is 31.9. The number of rotatable bonds is 7. The Bertz CT molecular complexity index is 1110. The van der Waals surface area contributed by atoms with Crippen LogP contribution in [0, 0.1) is 13.8 Å². The van der Waals surface area contributed by atoms with Crippen LogP contribution in [0.2, 0.25) is 0 Å². The molecule has 1 fully saturated rings. The number of carbonyl (C=O) groups is 3. The Balaban J connectivity index is 1.66. The van der Waals surface area contributed by atoms with Crippen molar-refractivity contribution in [1.29, 1.82) is 0 Å². The van der Waals surface area contributed by atoms with Crippen molar-refractivity contribution in [3.05, 3.63) is 52.3 Å². The van der Waals surface area contributed by atoms with Gasteiger partial charge in [-0.05, 0) is 63.4 Å². The molecule has 9 heteroatoms. The number of ketones is 2. The molecular weight excluding hydrogens is 420 g/mol. The highest BCUT2D eigenvalue weighted by atomic mass is 32.2. The van der Waals surface area contributed by atoms with Crippen molar-refractivity contribution in [1.82, 2.24) is 9.29 Å². The van der Waals surface area contributed by atoms with E-state index in [1.165, 1.54) is 35.5 Å². The first-order valence-electron chi connectivity index (χ1n) is 10.1. The monoisotopic (exact) mass is 446 g/mol. The second-order valence-electron chi connectivity index (χ2n) is 7.67. The zero-order valence-corrected chi connectivity index (χ0v) is 18.7. The third kappa shape index (κ3) is 4.77. The van der Waals surface area contributed by atoms with Crippen molar-refractivity contribution in [3.63, 3.8) is 0 Å². The van der Waals surface area contributed by atoms with Crippen LogP contribution in [0.4, 0.5) is 0 Å². The maximum Gasteiger partial charge on any atom is 0.338 e. The van der Waals surface area contributed by atoms with Crippen molar-refractivity contribution >= 4 is 27.6 Å². The molecule has 0 amide bonds. The average Bonchev–Trinajstić information content (AvgIpc) is 3.06. The molecule has 0 spiro atoms. The SMILES string of the molecule is CC(=O)c1c(C)[nH]c(C(=O)COC(=O)c2ccc(S(=O)(=O)N3CCCCC3)cc2)c1C. The summed E-state index contributed by atoms with van der Waals surface area (Å²) in [6, 6.07) is 5.50. The summed E-state index contributed by atoms with van der Waals surface area (Å²) in [7, 11) is -3.58. The predicted molar refractivity (Wildman–Crippen MR) is 114 cm³/mol. The van der Waals surface area contributed by atoms with Crippen LogP contribution < -0.4 is 0 Å². The quantitative estimate of drug-likeness (QED) is 0.517. The molecule has 1 aliphatic heterocycles. The average molecular weight is 447 g/mol. The summed E-state index contributed by atoms with van der Waals surface area (Å²) in [6.45, 7) is 5.29. The second kappa shape index (κ2) is 9.15. The van der Waals surface area contributed by atoms with Gasteiger partial charge in [-0.2, -0.15) is 4.31 Å². The van der Waals surface area contributed by atoms with E-state index in [-0.39, 0.29) is 21.9 Å². The van der Waals surface area contributed by atoms with Crippen molar-refractivity contribution in [2.75, 3.05) is 19.7 Å². The lowest BCUT2D eigenvalue weighted by Gasteiger charge is -2.25. The largest absolute Gasteiger partial charge is 0.454 e. The molecule has 2 heterocycles. The molecule has 2 aromatic rings. The third-order valence-electron chi connectivity index (χ3n) is 5.45. The van der Waals surface area contributed by atoms with Crippen molar-refractivity contribution < 1.29 is 27.5 Å². The van der Waals surface area contributed by atoms with Gasteiger partial charge in [0.1, 0.15) is 0 Å². The molecule has 8 nitrogen and oxygen atoms in total. The van der Waals surface area contributed by atoms with Gasteiger partial charge in [-0.25, -0.2) is 13.2 Å². The van der Waals surface area contributed by atoms with Crippen LogP contribution in [0.1, 0.15) is 68.6 Å². The maximum absolute atomic E-state index is 12.7. The maximum atomic E-state index is 12.7. The van der Waals surface area contributed by atoms with E-state index in [4.69, 9.17) is 4.74 Å². The lowest BCUT2D eigenvalue weighted by atomic mass is 10.1. The van der Waals surface area contributed by atoms with Crippen molar-refractivity contribution in [2.24, 2.45) is 0 Å². The summed E-state index contributed by atoms with van der Waals surface area (Å²) in [5.41, 5.74) is 1.95. The number of esters is 1. The van der Waals surface area contributed by atoms with Gasteiger partial charge in [-0.3, -0.25) is 9.59 Å². The van der Waals surface area contributed by atoms with E-state index in [1.807, 2.05) is 0 Å². The van der Waals surface area contributed by atoms with Gasteiger partial charge in [-0.1, -0.05) is 6.42 Å². The summed E-state index contributed by atoms with van der Waals surface area (Å²) in [4.78, 5) is 39.5. The number of nitrogens with one attached hydrogen (secondary N) is 1. The van der Waals surface area contributed by atoms with Gasteiger partial charge >= 0.3 is 5.97 Å². The lowest BCUT2D eigenvalue weighted by molar-refractivity contribution is 0.0473. The number of aromatic amines is 1. The van der Waals surface area contributed by atoms with Crippen molar-refractivity contribution in [2.45, 2.75) is 44.9 Å². The van der Waals surface area contributed by atoms with E-state index in [2.05, 4.69) is 4.98 Å². The molecule has 1 aliphatic rings. The molecule has 0 saturated carbocycles. The molecule has 0 unspecified atom stereocenters. The minimum Gasteiger partial charge on any atom is -0.454 e. The number of aromatic nitrogens is 1. The number of carbonyl (C=O) groups excluding carboxylic acids is 3. The minimum atomic E-state index is -3.58. The molecule has 31 heavy (non-hydrogen) atoms. The van der Waals surface area contributed by atoms with E-state index >= 15 is 0 Å². The van der Waals surface area contributed by atoms with Crippen LogP contribution in [-0.2, 0) is 14.8 Å². The fourth-order valence-electron chi connectivity index (χ4n) is 3.86. The molecule has 166 valence electrons. The Morgan fingerprint density at radius 2 is 1.65 bits per heavy atom. The Morgan fingerprint density at radius 3 is 2.19 bits per heavy atom. The number of aryl methyl sites for hydroxylation is 1. The highest BCUT2D eigenvalue weighted by Gasteiger charge is 2.26. The first kappa shape index (κ1) is 22.9. The normalized spacial score (nSPS) is 14.9. The number of sulfonamides is 1. The third-order valence-corrected chi connectivity index (χ3v) is 7.36. The Labute approximate surface area is 181 Å². The Morgan fingerprint density at radius 1 is 1.03 bits per heavy atom. The molecule has 0 bridgehead atoms. The van der Waals surface area contributed by atoms with Crippen LogP contribution in [0.15, 0.2) is 29.2 Å². The van der Waals surface area contributed by atoms with E-state index in [0.717, 1.165) is 19.3 Å². The van der Waals surface area contributed by atoms with Gasteiger partial charge < -0.3 is 9.72 Å². The number of benzene rings is 1. The molecular formula is C22H26N2O6S. The minimum absolute atomic E-state index is 0.122. The number of piperidine rings is 1. The van der Waals surface area contributed by atoms with E-state index in [0.29, 0.717) is 29.9 Å². The second-order valence-corrected chi connectivity index (χ2v) is 9.61. The molecule has 1 aromatic heterocycles. The Kier molecular flexibility index (Phi) is 6.76. The topological polar surface area (TPSA) is 114 Å². The van der Waals surface area contributed by atoms with Crippen LogP contribution in [-0.4, -0.2) is 54.9 Å². The molecule has 0 atom stereocenters. The predicted octanol–water partition coefficient (Wildman–Crippen LogP) is 3.05. The molecule has 3 rings (SSSR count). The van der Waals surface area contributed by atoms with Crippen molar-refractivity contribution in [3.8, 4) is 0 Å².